The molecular weight excluding hydrogens is 431 g/mol. The van der Waals surface area contributed by atoms with Crippen molar-refractivity contribution in [3.05, 3.63) is 42.0 Å². The van der Waals surface area contributed by atoms with E-state index in [2.05, 4.69) is 34.7 Å². The molecule has 0 heterocycles. The summed E-state index contributed by atoms with van der Waals surface area (Å²) < 4.78 is 17.5. The van der Waals surface area contributed by atoms with Crippen LogP contribution in [0, 0.1) is 0 Å². The molecule has 1 aromatic rings. The third-order valence-corrected chi connectivity index (χ3v) is 4.19. The summed E-state index contributed by atoms with van der Waals surface area (Å²) >= 11 is 2.34. The summed E-state index contributed by atoms with van der Waals surface area (Å²) in [5.74, 6) is -0.198. The van der Waals surface area contributed by atoms with Gasteiger partial charge in [0.2, 0.25) is 0 Å². The van der Waals surface area contributed by atoms with Crippen LogP contribution < -0.4 is 4.74 Å². The predicted octanol–water partition coefficient (Wildman–Crippen LogP) is 4.88. The third-order valence-electron chi connectivity index (χ3n) is 3.56. The van der Waals surface area contributed by atoms with Crippen molar-refractivity contribution in [3.8, 4) is 5.75 Å². The van der Waals surface area contributed by atoms with Gasteiger partial charge in [-0.15, -0.1) is 0 Å². The molecule has 142 valence electrons. The SMILES string of the molecule is COc1ccc(COCC/C=C\CC[C@H](CCI)OC(C)(C)O)cc1. The van der Waals surface area contributed by atoms with Gasteiger partial charge in [0.1, 0.15) is 5.75 Å². The van der Waals surface area contributed by atoms with Gasteiger partial charge in [0.25, 0.3) is 0 Å². The zero-order chi connectivity index (χ0) is 18.5. The van der Waals surface area contributed by atoms with Crippen molar-refractivity contribution in [2.45, 2.75) is 58.0 Å². The quantitative estimate of drug-likeness (QED) is 0.149. The van der Waals surface area contributed by atoms with E-state index in [1.807, 2.05) is 24.3 Å². The molecule has 0 aliphatic heterocycles. The van der Waals surface area contributed by atoms with Gasteiger partial charge in [-0.05, 0) is 57.2 Å². The Balaban J connectivity index is 2.14. The molecule has 0 saturated heterocycles. The standard InChI is InChI=1S/C20H31IO4/c1-20(2,22)25-19(13-14-21)8-6-4-5-7-15-24-16-17-9-11-18(23-3)12-10-17/h4-5,9-12,19,22H,6-8,13-16H2,1-3H3/b5-4-/t19-/m1/s1. The normalized spacial score (nSPS) is 13.3. The first-order chi connectivity index (χ1) is 11.9. The van der Waals surface area contributed by atoms with Crippen LogP contribution in [-0.2, 0) is 16.1 Å². The lowest BCUT2D eigenvalue weighted by Gasteiger charge is -2.25. The first-order valence-corrected chi connectivity index (χ1v) is 10.3. The molecule has 0 unspecified atom stereocenters. The molecule has 0 aromatic heterocycles. The minimum Gasteiger partial charge on any atom is -0.497 e. The summed E-state index contributed by atoms with van der Waals surface area (Å²) in [6.07, 6.45) is 8.17. The highest BCUT2D eigenvalue weighted by Gasteiger charge is 2.19. The molecule has 1 rings (SSSR count). The van der Waals surface area contributed by atoms with E-state index in [1.165, 1.54) is 0 Å². The van der Waals surface area contributed by atoms with Crippen LogP contribution in [0.1, 0.15) is 45.1 Å². The lowest BCUT2D eigenvalue weighted by Crippen LogP contribution is -2.30. The number of halogens is 1. The molecule has 5 heteroatoms. The fraction of sp³-hybridized carbons (Fsp3) is 0.600. The number of allylic oxidation sites excluding steroid dienone is 1. The Hall–Kier alpha value is -0.630. The Labute approximate surface area is 165 Å². The predicted molar refractivity (Wildman–Crippen MR) is 110 cm³/mol. The van der Waals surface area contributed by atoms with Crippen LogP contribution in [0.5, 0.6) is 5.75 Å². The molecule has 0 fully saturated rings. The minimum absolute atomic E-state index is 0.105. The average Bonchev–Trinajstić information content (AvgIpc) is 2.56. The molecule has 25 heavy (non-hydrogen) atoms. The lowest BCUT2D eigenvalue weighted by atomic mass is 10.1. The van der Waals surface area contributed by atoms with E-state index in [0.29, 0.717) is 13.2 Å². The number of ether oxygens (including phenoxy) is 3. The second-order valence-electron chi connectivity index (χ2n) is 6.40. The van der Waals surface area contributed by atoms with Crippen LogP contribution in [0.3, 0.4) is 0 Å². The summed E-state index contributed by atoms with van der Waals surface area (Å²) in [4.78, 5) is 0. The van der Waals surface area contributed by atoms with Crippen molar-refractivity contribution >= 4 is 22.6 Å². The van der Waals surface area contributed by atoms with Gasteiger partial charge >= 0.3 is 0 Å². The molecule has 1 N–H and O–H groups in total. The smallest absolute Gasteiger partial charge is 0.160 e. The molecule has 0 radical (unpaired) electrons. The van der Waals surface area contributed by atoms with Crippen molar-refractivity contribution in [2.24, 2.45) is 0 Å². The average molecular weight is 462 g/mol. The fourth-order valence-corrected chi connectivity index (χ4v) is 3.07. The van der Waals surface area contributed by atoms with Gasteiger partial charge in [0.05, 0.1) is 26.4 Å². The number of hydrogen-bond donors (Lipinski definition) is 1. The first-order valence-electron chi connectivity index (χ1n) is 8.76. The molecule has 1 atom stereocenters. The van der Waals surface area contributed by atoms with Crippen LogP contribution >= 0.6 is 22.6 Å². The molecule has 0 spiro atoms. The number of benzene rings is 1. The molecule has 0 bridgehead atoms. The highest BCUT2D eigenvalue weighted by atomic mass is 127. The van der Waals surface area contributed by atoms with Crippen LogP contribution in [0.2, 0.25) is 0 Å². The Kier molecular flexibility index (Phi) is 11.4. The van der Waals surface area contributed by atoms with E-state index in [4.69, 9.17) is 14.2 Å². The third kappa shape index (κ3) is 11.6. The summed E-state index contributed by atoms with van der Waals surface area (Å²) in [6.45, 7) is 4.70. The van der Waals surface area contributed by atoms with E-state index in [-0.39, 0.29) is 6.10 Å². The molecule has 1 aromatic carbocycles. The van der Waals surface area contributed by atoms with E-state index in [9.17, 15) is 5.11 Å². The summed E-state index contributed by atoms with van der Waals surface area (Å²) in [5, 5.41) is 9.77. The Morgan fingerprint density at radius 1 is 1.12 bits per heavy atom. The van der Waals surface area contributed by atoms with Crippen molar-refractivity contribution < 1.29 is 19.3 Å². The van der Waals surface area contributed by atoms with Crippen molar-refractivity contribution in [1.82, 2.24) is 0 Å². The maximum Gasteiger partial charge on any atom is 0.160 e. The van der Waals surface area contributed by atoms with E-state index < -0.39 is 5.79 Å². The van der Waals surface area contributed by atoms with E-state index in [0.717, 1.165) is 41.4 Å². The van der Waals surface area contributed by atoms with Gasteiger partial charge in [-0.1, -0.05) is 46.9 Å². The molecule has 0 amide bonds. The van der Waals surface area contributed by atoms with Crippen LogP contribution in [0.15, 0.2) is 36.4 Å². The van der Waals surface area contributed by atoms with E-state index >= 15 is 0 Å². The van der Waals surface area contributed by atoms with Gasteiger partial charge < -0.3 is 19.3 Å². The number of aliphatic hydroxyl groups is 1. The van der Waals surface area contributed by atoms with Gasteiger partial charge in [0.15, 0.2) is 5.79 Å². The highest BCUT2D eigenvalue weighted by molar-refractivity contribution is 14.1. The molecule has 0 aliphatic carbocycles. The second kappa shape index (κ2) is 12.7. The minimum atomic E-state index is -1.06. The summed E-state index contributed by atoms with van der Waals surface area (Å²) in [7, 11) is 1.67. The van der Waals surface area contributed by atoms with Crippen molar-refractivity contribution in [3.63, 3.8) is 0 Å². The van der Waals surface area contributed by atoms with Crippen LogP contribution in [-0.4, -0.2) is 35.1 Å². The number of hydrogen-bond acceptors (Lipinski definition) is 4. The van der Waals surface area contributed by atoms with Gasteiger partial charge in [0, 0.05) is 4.43 Å². The van der Waals surface area contributed by atoms with Crippen LogP contribution in [0.25, 0.3) is 0 Å². The van der Waals surface area contributed by atoms with E-state index in [1.54, 1.807) is 21.0 Å². The number of methoxy groups -OCH3 is 1. The highest BCUT2D eigenvalue weighted by Crippen LogP contribution is 2.17. The summed E-state index contributed by atoms with van der Waals surface area (Å²) in [5.41, 5.74) is 1.15. The van der Waals surface area contributed by atoms with Gasteiger partial charge in [-0.3, -0.25) is 0 Å². The number of rotatable bonds is 13. The Morgan fingerprint density at radius 3 is 2.40 bits per heavy atom. The monoisotopic (exact) mass is 462 g/mol. The molecule has 0 aliphatic rings. The Morgan fingerprint density at radius 2 is 1.80 bits per heavy atom. The zero-order valence-corrected chi connectivity index (χ0v) is 17.7. The van der Waals surface area contributed by atoms with Gasteiger partial charge in [-0.2, -0.15) is 0 Å². The number of alkyl halides is 1. The van der Waals surface area contributed by atoms with Crippen LogP contribution in [0.4, 0.5) is 0 Å². The molecule has 4 nitrogen and oxygen atoms in total. The maximum atomic E-state index is 9.77. The van der Waals surface area contributed by atoms with Crippen molar-refractivity contribution in [2.75, 3.05) is 18.1 Å². The zero-order valence-electron chi connectivity index (χ0n) is 15.5. The van der Waals surface area contributed by atoms with Gasteiger partial charge in [-0.25, -0.2) is 0 Å². The second-order valence-corrected chi connectivity index (χ2v) is 7.48. The first kappa shape index (κ1) is 22.4. The maximum absolute atomic E-state index is 9.77. The fourth-order valence-electron chi connectivity index (χ4n) is 2.37. The molecular formula is C20H31IO4. The summed E-state index contributed by atoms with van der Waals surface area (Å²) in [6, 6.07) is 7.93. The molecule has 0 saturated carbocycles. The topological polar surface area (TPSA) is 47.9 Å². The van der Waals surface area contributed by atoms with Crippen molar-refractivity contribution in [1.29, 1.82) is 0 Å². The lowest BCUT2D eigenvalue weighted by molar-refractivity contribution is -0.206. The Bertz CT molecular complexity index is 479. The largest absolute Gasteiger partial charge is 0.497 e.